The largest absolute Gasteiger partial charge is 0.339 e. The van der Waals surface area contributed by atoms with Crippen LogP contribution in [0.4, 0.5) is 11.4 Å². The van der Waals surface area contributed by atoms with Crippen LogP contribution in [0, 0.1) is 27.2 Å². The fourth-order valence-electron chi connectivity index (χ4n) is 2.59. The van der Waals surface area contributed by atoms with Crippen LogP contribution < -0.4 is 0 Å². The first-order valence-electron chi connectivity index (χ1n) is 7.20. The number of carbonyl (C=O) groups is 2. The van der Waals surface area contributed by atoms with E-state index >= 15 is 0 Å². The van der Waals surface area contributed by atoms with Gasteiger partial charge in [-0.1, -0.05) is 0 Å². The number of benzene rings is 1. The van der Waals surface area contributed by atoms with Gasteiger partial charge in [-0.2, -0.15) is 0 Å². The number of nitro groups is 2. The Morgan fingerprint density at radius 1 is 0.958 bits per heavy atom. The Labute approximate surface area is 136 Å². The number of carbonyl (C=O) groups excluding carboxylic acids is 2. The summed E-state index contributed by atoms with van der Waals surface area (Å²) in [6.45, 7) is 3.97. The van der Waals surface area contributed by atoms with E-state index in [1.807, 2.05) is 0 Å². The number of rotatable bonds is 3. The third kappa shape index (κ3) is 3.31. The van der Waals surface area contributed by atoms with Crippen molar-refractivity contribution in [2.45, 2.75) is 13.8 Å². The van der Waals surface area contributed by atoms with E-state index in [4.69, 9.17) is 0 Å². The molecule has 0 saturated carbocycles. The van der Waals surface area contributed by atoms with Crippen molar-refractivity contribution in [1.29, 1.82) is 0 Å². The van der Waals surface area contributed by atoms with Crippen LogP contribution in [0.2, 0.25) is 0 Å². The summed E-state index contributed by atoms with van der Waals surface area (Å²) in [5.41, 5.74) is -1.12. The highest BCUT2D eigenvalue weighted by atomic mass is 16.6. The Kier molecular flexibility index (Phi) is 4.77. The molecule has 10 nitrogen and oxygen atoms in total. The topological polar surface area (TPSA) is 127 Å². The molecule has 1 aliphatic rings. The van der Waals surface area contributed by atoms with Crippen molar-refractivity contribution < 1.29 is 19.4 Å². The summed E-state index contributed by atoms with van der Waals surface area (Å²) < 4.78 is 0. The molecule has 2 rings (SSSR count). The maximum Gasteiger partial charge on any atom is 0.279 e. The first-order valence-corrected chi connectivity index (χ1v) is 7.20. The standard InChI is InChI=1S/C14H16N4O6/c1-9-12(17(21)22)7-11(8-13(9)18(23)24)14(20)16-5-3-15(4-6-16)10(2)19/h7-8H,3-6H2,1-2H3. The van der Waals surface area contributed by atoms with Gasteiger partial charge in [0.15, 0.2) is 0 Å². The number of hydrogen-bond donors (Lipinski definition) is 0. The minimum Gasteiger partial charge on any atom is -0.339 e. The van der Waals surface area contributed by atoms with Crippen molar-refractivity contribution in [2.24, 2.45) is 0 Å². The van der Waals surface area contributed by atoms with Crippen LogP contribution in [0.5, 0.6) is 0 Å². The van der Waals surface area contributed by atoms with Crippen LogP contribution in [0.25, 0.3) is 0 Å². The molecule has 1 aromatic rings. The van der Waals surface area contributed by atoms with Crippen LogP contribution in [0.15, 0.2) is 12.1 Å². The maximum absolute atomic E-state index is 12.5. The summed E-state index contributed by atoms with van der Waals surface area (Å²) in [5, 5.41) is 22.2. The first-order chi connectivity index (χ1) is 11.2. The summed E-state index contributed by atoms with van der Waals surface area (Å²) in [6.07, 6.45) is 0. The van der Waals surface area contributed by atoms with Crippen molar-refractivity contribution in [3.63, 3.8) is 0 Å². The Morgan fingerprint density at radius 2 is 1.38 bits per heavy atom. The van der Waals surface area contributed by atoms with Gasteiger partial charge >= 0.3 is 0 Å². The van der Waals surface area contributed by atoms with Gasteiger partial charge in [-0.05, 0) is 6.92 Å². The second-order valence-corrected chi connectivity index (χ2v) is 5.45. The van der Waals surface area contributed by atoms with E-state index in [0.717, 1.165) is 12.1 Å². The van der Waals surface area contributed by atoms with Crippen LogP contribution in [-0.4, -0.2) is 57.6 Å². The van der Waals surface area contributed by atoms with Crippen LogP contribution in [0.3, 0.4) is 0 Å². The maximum atomic E-state index is 12.5. The Hall–Kier alpha value is -3.04. The van der Waals surface area contributed by atoms with Crippen molar-refractivity contribution >= 4 is 23.2 Å². The average molecular weight is 336 g/mol. The zero-order valence-corrected chi connectivity index (χ0v) is 13.2. The Bertz CT molecular complexity index is 689. The van der Waals surface area contributed by atoms with Gasteiger partial charge in [0, 0.05) is 45.2 Å². The van der Waals surface area contributed by atoms with E-state index < -0.39 is 27.1 Å². The zero-order valence-electron chi connectivity index (χ0n) is 13.2. The lowest BCUT2D eigenvalue weighted by Gasteiger charge is -2.34. The zero-order chi connectivity index (χ0) is 18.0. The smallest absolute Gasteiger partial charge is 0.279 e. The molecule has 1 heterocycles. The molecule has 1 aliphatic heterocycles. The number of amides is 2. The fourth-order valence-corrected chi connectivity index (χ4v) is 2.59. The van der Waals surface area contributed by atoms with E-state index in [-0.39, 0.29) is 30.1 Å². The predicted octanol–water partition coefficient (Wildman–Crippen LogP) is 1.12. The third-order valence-corrected chi connectivity index (χ3v) is 4.01. The molecule has 0 atom stereocenters. The number of hydrogen-bond acceptors (Lipinski definition) is 6. The second kappa shape index (κ2) is 6.60. The van der Waals surface area contributed by atoms with Crippen molar-refractivity contribution in [1.82, 2.24) is 9.80 Å². The molecule has 24 heavy (non-hydrogen) atoms. The van der Waals surface area contributed by atoms with Gasteiger partial charge in [-0.25, -0.2) is 0 Å². The number of nitro benzene ring substituents is 2. The molecule has 0 unspecified atom stereocenters. The SMILES string of the molecule is CC(=O)N1CCN(C(=O)c2cc([N+](=O)[O-])c(C)c([N+](=O)[O-])c2)CC1. The molecular formula is C14H16N4O6. The molecule has 0 radical (unpaired) electrons. The van der Waals surface area contributed by atoms with E-state index in [0.29, 0.717) is 13.1 Å². The van der Waals surface area contributed by atoms with Crippen LogP contribution in [-0.2, 0) is 4.79 Å². The first kappa shape index (κ1) is 17.3. The quantitative estimate of drug-likeness (QED) is 0.601. The number of nitrogens with zero attached hydrogens (tertiary/aromatic N) is 4. The molecule has 1 aromatic carbocycles. The van der Waals surface area contributed by atoms with Crippen molar-refractivity contribution in [2.75, 3.05) is 26.2 Å². The average Bonchev–Trinajstić information content (AvgIpc) is 2.53. The van der Waals surface area contributed by atoms with E-state index in [1.54, 1.807) is 4.90 Å². The van der Waals surface area contributed by atoms with Gasteiger partial charge in [0.25, 0.3) is 17.3 Å². The summed E-state index contributed by atoms with van der Waals surface area (Å²) in [6, 6.07) is 2.12. The molecular weight excluding hydrogens is 320 g/mol. The van der Waals surface area contributed by atoms with Gasteiger partial charge < -0.3 is 9.80 Å². The van der Waals surface area contributed by atoms with E-state index in [9.17, 15) is 29.8 Å². The lowest BCUT2D eigenvalue weighted by molar-refractivity contribution is -0.395. The van der Waals surface area contributed by atoms with Crippen LogP contribution >= 0.6 is 0 Å². The van der Waals surface area contributed by atoms with Gasteiger partial charge in [0.2, 0.25) is 5.91 Å². The molecule has 128 valence electrons. The van der Waals surface area contributed by atoms with Gasteiger partial charge in [0.05, 0.1) is 15.4 Å². The highest BCUT2D eigenvalue weighted by Gasteiger charge is 2.29. The normalized spacial score (nSPS) is 14.4. The molecule has 0 N–H and O–H groups in total. The minimum atomic E-state index is -0.743. The molecule has 1 saturated heterocycles. The Balaban J connectivity index is 2.31. The molecule has 0 bridgehead atoms. The molecule has 2 amide bonds. The molecule has 0 aliphatic carbocycles. The summed E-state index contributed by atoms with van der Waals surface area (Å²) >= 11 is 0. The lowest BCUT2D eigenvalue weighted by Crippen LogP contribution is -2.50. The molecule has 0 aromatic heterocycles. The highest BCUT2D eigenvalue weighted by molar-refractivity contribution is 5.96. The molecule has 1 fully saturated rings. The lowest BCUT2D eigenvalue weighted by atomic mass is 10.1. The predicted molar refractivity (Wildman–Crippen MR) is 82.6 cm³/mol. The summed E-state index contributed by atoms with van der Waals surface area (Å²) in [7, 11) is 0. The summed E-state index contributed by atoms with van der Waals surface area (Å²) in [4.78, 5) is 47.5. The Morgan fingerprint density at radius 3 is 1.75 bits per heavy atom. The third-order valence-electron chi connectivity index (χ3n) is 4.01. The second-order valence-electron chi connectivity index (χ2n) is 5.45. The van der Waals surface area contributed by atoms with Crippen molar-refractivity contribution in [3.05, 3.63) is 43.5 Å². The van der Waals surface area contributed by atoms with Crippen molar-refractivity contribution in [3.8, 4) is 0 Å². The summed E-state index contributed by atoms with van der Waals surface area (Å²) in [5.74, 6) is -0.617. The minimum absolute atomic E-state index is 0.0938. The van der Waals surface area contributed by atoms with Gasteiger partial charge in [0.1, 0.15) is 5.56 Å². The van der Waals surface area contributed by atoms with Gasteiger partial charge in [-0.15, -0.1) is 0 Å². The monoisotopic (exact) mass is 336 g/mol. The fraction of sp³-hybridized carbons (Fsp3) is 0.429. The van der Waals surface area contributed by atoms with E-state index in [1.165, 1.54) is 18.7 Å². The van der Waals surface area contributed by atoms with Gasteiger partial charge in [-0.3, -0.25) is 29.8 Å². The van der Waals surface area contributed by atoms with E-state index in [2.05, 4.69) is 0 Å². The number of piperazine rings is 1. The van der Waals surface area contributed by atoms with Crippen LogP contribution in [0.1, 0.15) is 22.8 Å². The highest BCUT2D eigenvalue weighted by Crippen LogP contribution is 2.30. The molecule has 10 heteroatoms. The molecule has 0 spiro atoms.